The van der Waals surface area contributed by atoms with Gasteiger partial charge in [-0.25, -0.2) is 4.90 Å². The van der Waals surface area contributed by atoms with Crippen molar-refractivity contribution in [2.24, 2.45) is 0 Å². The van der Waals surface area contributed by atoms with Crippen LogP contribution in [0.2, 0.25) is 0 Å². The molecule has 3 amide bonds. The number of rotatable bonds is 7. The number of nitrogens with zero attached hydrogens (tertiary/aromatic N) is 1. The number of halogens is 1. The normalized spacial score (nSPS) is 13.3. The van der Waals surface area contributed by atoms with Crippen LogP contribution in [-0.4, -0.2) is 24.3 Å². The SMILES string of the molecule is CCOc1ccc(NC(=O)c2ccc(NC3=C(Cl)C(=O)N(c4ccc(C)c(C)c4)C3=O)cc2)cc1. The number of hydrogen-bond acceptors (Lipinski definition) is 5. The Morgan fingerprint density at radius 3 is 2.17 bits per heavy atom. The summed E-state index contributed by atoms with van der Waals surface area (Å²) in [6, 6.07) is 18.9. The number of imide groups is 1. The molecule has 0 bridgehead atoms. The van der Waals surface area contributed by atoms with Crippen LogP contribution in [0.1, 0.15) is 28.4 Å². The number of hydrogen-bond donors (Lipinski definition) is 2. The Morgan fingerprint density at radius 2 is 1.54 bits per heavy atom. The highest BCUT2D eigenvalue weighted by Crippen LogP contribution is 2.31. The number of nitrogens with one attached hydrogen (secondary N) is 2. The number of carbonyl (C=O) groups is 3. The van der Waals surface area contributed by atoms with E-state index in [0.29, 0.717) is 29.2 Å². The lowest BCUT2D eigenvalue weighted by Gasteiger charge is -2.16. The predicted molar refractivity (Wildman–Crippen MR) is 137 cm³/mol. The molecule has 0 unspecified atom stereocenters. The monoisotopic (exact) mass is 489 g/mol. The van der Waals surface area contributed by atoms with Gasteiger partial charge in [-0.05, 0) is 92.6 Å². The molecule has 8 heteroatoms. The summed E-state index contributed by atoms with van der Waals surface area (Å²) in [5.41, 5.74) is 4.03. The van der Waals surface area contributed by atoms with Crippen molar-refractivity contribution < 1.29 is 19.1 Å². The van der Waals surface area contributed by atoms with Gasteiger partial charge in [0.15, 0.2) is 0 Å². The van der Waals surface area contributed by atoms with E-state index in [9.17, 15) is 14.4 Å². The molecule has 1 heterocycles. The second-order valence-corrected chi connectivity index (χ2v) is 8.40. The minimum absolute atomic E-state index is 0.0125. The first-order chi connectivity index (χ1) is 16.8. The van der Waals surface area contributed by atoms with Crippen LogP contribution in [0.5, 0.6) is 5.75 Å². The number of ether oxygens (including phenoxy) is 1. The number of carbonyl (C=O) groups excluding carboxylic acids is 3. The molecular weight excluding hydrogens is 466 g/mol. The van der Waals surface area contributed by atoms with Crippen LogP contribution in [0.15, 0.2) is 77.5 Å². The van der Waals surface area contributed by atoms with Crippen molar-refractivity contribution in [1.82, 2.24) is 0 Å². The summed E-state index contributed by atoms with van der Waals surface area (Å²) >= 11 is 6.22. The van der Waals surface area contributed by atoms with Gasteiger partial charge in [0.05, 0.1) is 12.3 Å². The number of aryl methyl sites for hydroxylation is 2. The predicted octanol–water partition coefficient (Wildman–Crippen LogP) is 5.39. The Hall–Kier alpha value is -4.10. The second kappa shape index (κ2) is 10.0. The molecule has 7 nitrogen and oxygen atoms in total. The third kappa shape index (κ3) is 5.05. The summed E-state index contributed by atoms with van der Waals surface area (Å²) in [4.78, 5) is 39.3. The molecule has 1 aliphatic rings. The molecule has 0 fully saturated rings. The van der Waals surface area contributed by atoms with Crippen molar-refractivity contribution in [1.29, 1.82) is 0 Å². The summed E-state index contributed by atoms with van der Waals surface area (Å²) in [6.07, 6.45) is 0. The van der Waals surface area contributed by atoms with Gasteiger partial charge in [-0.1, -0.05) is 17.7 Å². The van der Waals surface area contributed by atoms with Gasteiger partial charge in [0.1, 0.15) is 16.5 Å². The van der Waals surface area contributed by atoms with Gasteiger partial charge in [0.25, 0.3) is 17.7 Å². The van der Waals surface area contributed by atoms with Crippen molar-refractivity contribution in [2.75, 3.05) is 22.1 Å². The van der Waals surface area contributed by atoms with E-state index < -0.39 is 11.8 Å². The molecule has 0 atom stereocenters. The quantitative estimate of drug-likeness (QED) is 0.434. The summed E-state index contributed by atoms with van der Waals surface area (Å²) in [5.74, 6) is -0.690. The lowest BCUT2D eigenvalue weighted by Crippen LogP contribution is -2.32. The molecule has 0 saturated carbocycles. The smallest absolute Gasteiger partial charge is 0.283 e. The zero-order valence-corrected chi connectivity index (χ0v) is 20.3. The lowest BCUT2D eigenvalue weighted by atomic mass is 10.1. The number of benzene rings is 3. The average molecular weight is 490 g/mol. The van der Waals surface area contributed by atoms with Crippen molar-refractivity contribution in [3.8, 4) is 5.75 Å². The van der Waals surface area contributed by atoms with E-state index in [1.54, 1.807) is 60.7 Å². The largest absolute Gasteiger partial charge is 0.494 e. The van der Waals surface area contributed by atoms with Crippen LogP contribution in [0.3, 0.4) is 0 Å². The Kier molecular flexibility index (Phi) is 6.89. The van der Waals surface area contributed by atoms with Crippen LogP contribution in [-0.2, 0) is 9.59 Å². The Morgan fingerprint density at radius 1 is 0.886 bits per heavy atom. The maximum atomic E-state index is 13.0. The highest BCUT2D eigenvalue weighted by atomic mass is 35.5. The van der Waals surface area contributed by atoms with Gasteiger partial charge in [-0.3, -0.25) is 14.4 Å². The summed E-state index contributed by atoms with van der Waals surface area (Å²) in [7, 11) is 0. The third-order valence-electron chi connectivity index (χ3n) is 5.62. The highest BCUT2D eigenvalue weighted by Gasteiger charge is 2.39. The van der Waals surface area contributed by atoms with Crippen LogP contribution in [0.25, 0.3) is 0 Å². The van der Waals surface area contributed by atoms with Crippen LogP contribution < -0.4 is 20.3 Å². The first kappa shape index (κ1) is 24.0. The molecule has 0 radical (unpaired) electrons. The molecule has 0 saturated heterocycles. The molecule has 0 spiro atoms. The first-order valence-corrected chi connectivity index (χ1v) is 11.4. The van der Waals surface area contributed by atoms with Crippen molar-refractivity contribution in [3.05, 3.63) is 94.1 Å². The number of amides is 3. The molecule has 3 aromatic carbocycles. The zero-order chi connectivity index (χ0) is 25.1. The molecule has 178 valence electrons. The molecule has 4 rings (SSSR count). The van der Waals surface area contributed by atoms with Gasteiger partial charge in [0, 0.05) is 16.9 Å². The van der Waals surface area contributed by atoms with Gasteiger partial charge in [-0.15, -0.1) is 0 Å². The summed E-state index contributed by atoms with van der Waals surface area (Å²) in [5, 5.41) is 5.55. The summed E-state index contributed by atoms with van der Waals surface area (Å²) in [6.45, 7) is 6.33. The maximum absolute atomic E-state index is 13.0. The van der Waals surface area contributed by atoms with Gasteiger partial charge >= 0.3 is 0 Å². The molecule has 35 heavy (non-hydrogen) atoms. The third-order valence-corrected chi connectivity index (χ3v) is 5.97. The van der Waals surface area contributed by atoms with E-state index in [4.69, 9.17) is 16.3 Å². The Labute approximate surface area is 208 Å². The number of anilines is 3. The van der Waals surface area contributed by atoms with E-state index in [2.05, 4.69) is 10.6 Å². The Bertz CT molecular complexity index is 1330. The van der Waals surface area contributed by atoms with E-state index >= 15 is 0 Å². The highest BCUT2D eigenvalue weighted by molar-refractivity contribution is 6.53. The van der Waals surface area contributed by atoms with Gasteiger partial charge in [0.2, 0.25) is 0 Å². The van der Waals surface area contributed by atoms with Crippen molar-refractivity contribution in [2.45, 2.75) is 20.8 Å². The molecular formula is C27H24ClN3O4. The minimum atomic E-state index is -0.589. The topological polar surface area (TPSA) is 87.7 Å². The summed E-state index contributed by atoms with van der Waals surface area (Å²) < 4.78 is 5.40. The van der Waals surface area contributed by atoms with Crippen LogP contribution in [0, 0.1) is 13.8 Å². The van der Waals surface area contributed by atoms with E-state index in [-0.39, 0.29) is 16.6 Å². The van der Waals surface area contributed by atoms with Crippen LogP contribution in [0.4, 0.5) is 17.1 Å². The maximum Gasteiger partial charge on any atom is 0.283 e. The second-order valence-electron chi connectivity index (χ2n) is 8.02. The van der Waals surface area contributed by atoms with Crippen molar-refractivity contribution in [3.63, 3.8) is 0 Å². The molecule has 0 aliphatic carbocycles. The van der Waals surface area contributed by atoms with Crippen LogP contribution >= 0.6 is 11.6 Å². The Balaban J connectivity index is 1.45. The van der Waals surface area contributed by atoms with Crippen molar-refractivity contribution >= 4 is 46.4 Å². The fraction of sp³-hybridized carbons (Fsp3) is 0.148. The molecule has 0 aromatic heterocycles. The van der Waals surface area contributed by atoms with E-state index in [1.807, 2.05) is 26.8 Å². The molecule has 2 N–H and O–H groups in total. The van der Waals surface area contributed by atoms with Gasteiger partial charge in [-0.2, -0.15) is 0 Å². The fourth-order valence-corrected chi connectivity index (χ4v) is 3.78. The lowest BCUT2D eigenvalue weighted by molar-refractivity contribution is -0.120. The fourth-order valence-electron chi connectivity index (χ4n) is 3.56. The van der Waals surface area contributed by atoms with E-state index in [0.717, 1.165) is 21.8 Å². The minimum Gasteiger partial charge on any atom is -0.494 e. The average Bonchev–Trinajstić information content (AvgIpc) is 3.06. The van der Waals surface area contributed by atoms with E-state index in [1.165, 1.54) is 0 Å². The standard InChI is InChI=1S/C27H24ClN3O4/c1-4-35-22-13-10-20(11-14-22)30-25(32)18-6-8-19(9-7-18)29-24-23(28)26(33)31(27(24)34)21-12-5-16(2)17(3)15-21/h5-15,29H,4H2,1-3H3,(H,30,32). The first-order valence-electron chi connectivity index (χ1n) is 11.1. The zero-order valence-electron chi connectivity index (χ0n) is 19.5. The molecule has 1 aliphatic heterocycles. The van der Waals surface area contributed by atoms with Gasteiger partial charge < -0.3 is 15.4 Å². The molecule has 3 aromatic rings.